The molecule has 1 atom stereocenters. The van der Waals surface area contributed by atoms with Crippen molar-refractivity contribution in [3.63, 3.8) is 0 Å². The number of hydrogen-bond acceptors (Lipinski definition) is 4. The molecular weight excluding hydrogens is 254 g/mol. The lowest BCUT2D eigenvalue weighted by Crippen LogP contribution is -2.34. The number of nitrogens with zero attached hydrogens (tertiary/aromatic N) is 2. The summed E-state index contributed by atoms with van der Waals surface area (Å²) in [6.07, 6.45) is 5.27. The minimum Gasteiger partial charge on any atom is -0.329 e. The van der Waals surface area contributed by atoms with E-state index in [2.05, 4.69) is 9.88 Å². The van der Waals surface area contributed by atoms with Crippen molar-refractivity contribution in [3.05, 3.63) is 16.1 Å². The first kappa shape index (κ1) is 13.3. The smallest absolute Gasteiger partial charge is 0.0798 e. The fourth-order valence-electron chi connectivity index (χ4n) is 2.64. The van der Waals surface area contributed by atoms with Gasteiger partial charge in [-0.25, -0.2) is 4.98 Å². The van der Waals surface area contributed by atoms with Crippen LogP contribution in [0, 0.1) is 0 Å². The van der Waals surface area contributed by atoms with E-state index in [-0.39, 0.29) is 12.4 Å². The topological polar surface area (TPSA) is 42.1 Å². The molecule has 2 aliphatic rings. The molecule has 17 heavy (non-hydrogen) atoms. The minimum atomic E-state index is 0. The van der Waals surface area contributed by atoms with E-state index in [4.69, 9.17) is 5.73 Å². The van der Waals surface area contributed by atoms with Crippen LogP contribution in [0.4, 0.5) is 0 Å². The summed E-state index contributed by atoms with van der Waals surface area (Å²) in [4.78, 5) is 8.56. The molecule has 2 fully saturated rings. The summed E-state index contributed by atoms with van der Waals surface area (Å²) < 4.78 is 0. The van der Waals surface area contributed by atoms with Crippen LogP contribution < -0.4 is 5.73 Å². The second kappa shape index (κ2) is 5.65. The predicted molar refractivity (Wildman–Crippen MR) is 73.8 cm³/mol. The highest BCUT2D eigenvalue weighted by molar-refractivity contribution is 7.09. The fourth-order valence-corrected chi connectivity index (χ4v) is 3.52. The second-order valence-electron chi connectivity index (χ2n) is 4.94. The van der Waals surface area contributed by atoms with Gasteiger partial charge in [-0.05, 0) is 32.2 Å². The van der Waals surface area contributed by atoms with Gasteiger partial charge in [0.1, 0.15) is 0 Å². The summed E-state index contributed by atoms with van der Waals surface area (Å²) in [6, 6.07) is 0.606. The van der Waals surface area contributed by atoms with Crippen molar-refractivity contribution in [2.75, 3.05) is 13.1 Å². The van der Waals surface area contributed by atoms with Gasteiger partial charge in [0.05, 0.1) is 11.2 Å². The van der Waals surface area contributed by atoms with Crippen LogP contribution >= 0.6 is 23.7 Å². The number of likely N-dealkylation sites (tertiary alicyclic amines) is 1. The SMILES string of the molecule is Cl.NCC1CCCN1Cc1scnc1C1CC1. The number of hydrogen-bond donors (Lipinski definition) is 1. The molecule has 0 aromatic carbocycles. The van der Waals surface area contributed by atoms with Crippen LogP contribution in [0.15, 0.2) is 5.51 Å². The monoisotopic (exact) mass is 273 g/mol. The summed E-state index contributed by atoms with van der Waals surface area (Å²) in [6.45, 7) is 3.10. The summed E-state index contributed by atoms with van der Waals surface area (Å²) >= 11 is 1.82. The van der Waals surface area contributed by atoms with Crippen molar-refractivity contribution in [2.45, 2.75) is 44.2 Å². The van der Waals surface area contributed by atoms with Crippen LogP contribution in [0.1, 0.15) is 42.2 Å². The third-order valence-corrected chi connectivity index (χ3v) is 4.59. The highest BCUT2D eigenvalue weighted by atomic mass is 35.5. The number of nitrogens with two attached hydrogens (primary N) is 1. The summed E-state index contributed by atoms with van der Waals surface area (Å²) in [5.74, 6) is 0.778. The van der Waals surface area contributed by atoms with Crippen LogP contribution in [-0.4, -0.2) is 29.0 Å². The Labute approximate surface area is 113 Å². The molecule has 0 radical (unpaired) electrons. The van der Waals surface area contributed by atoms with E-state index in [0.717, 1.165) is 19.0 Å². The zero-order valence-corrected chi connectivity index (χ0v) is 11.6. The maximum atomic E-state index is 5.81. The van der Waals surface area contributed by atoms with Crippen LogP contribution in [0.2, 0.25) is 0 Å². The van der Waals surface area contributed by atoms with E-state index in [1.807, 2.05) is 16.8 Å². The lowest BCUT2D eigenvalue weighted by atomic mass is 10.2. The highest BCUT2D eigenvalue weighted by Crippen LogP contribution is 2.42. The van der Waals surface area contributed by atoms with E-state index in [1.54, 1.807) is 0 Å². The normalized spacial score (nSPS) is 24.9. The number of aromatic nitrogens is 1. The maximum absolute atomic E-state index is 5.81. The van der Waals surface area contributed by atoms with Crippen LogP contribution in [-0.2, 0) is 6.54 Å². The molecule has 1 unspecified atom stereocenters. The molecular formula is C12H20ClN3S. The zero-order valence-electron chi connectivity index (χ0n) is 9.97. The van der Waals surface area contributed by atoms with Gasteiger partial charge in [-0.15, -0.1) is 23.7 Å². The molecule has 96 valence electrons. The molecule has 0 bridgehead atoms. The van der Waals surface area contributed by atoms with E-state index in [0.29, 0.717) is 6.04 Å². The Morgan fingerprint density at radius 3 is 2.94 bits per heavy atom. The predicted octanol–water partition coefficient (Wildman–Crippen LogP) is 2.37. The molecule has 1 aromatic heterocycles. The molecule has 3 nitrogen and oxygen atoms in total. The van der Waals surface area contributed by atoms with Gasteiger partial charge in [0.2, 0.25) is 0 Å². The number of rotatable bonds is 4. The number of halogens is 1. The van der Waals surface area contributed by atoms with Gasteiger partial charge in [-0.1, -0.05) is 0 Å². The average molecular weight is 274 g/mol. The summed E-state index contributed by atoms with van der Waals surface area (Å²) in [5, 5.41) is 0. The summed E-state index contributed by atoms with van der Waals surface area (Å²) in [7, 11) is 0. The molecule has 1 saturated carbocycles. The Hall–Kier alpha value is -0.160. The first-order valence-corrected chi connectivity index (χ1v) is 7.13. The van der Waals surface area contributed by atoms with Gasteiger partial charge in [-0.3, -0.25) is 4.90 Å². The zero-order chi connectivity index (χ0) is 11.0. The van der Waals surface area contributed by atoms with Crippen molar-refractivity contribution in [3.8, 4) is 0 Å². The molecule has 1 saturated heterocycles. The molecule has 5 heteroatoms. The van der Waals surface area contributed by atoms with E-state index in [1.165, 1.54) is 42.8 Å². The van der Waals surface area contributed by atoms with Gasteiger partial charge < -0.3 is 5.73 Å². The maximum Gasteiger partial charge on any atom is 0.0798 e. The van der Waals surface area contributed by atoms with Gasteiger partial charge in [0.25, 0.3) is 0 Å². The Morgan fingerprint density at radius 1 is 1.41 bits per heavy atom. The molecule has 0 amide bonds. The Bertz CT molecular complexity index is 364. The molecule has 2 heterocycles. The molecule has 1 aliphatic heterocycles. The van der Waals surface area contributed by atoms with Crippen LogP contribution in [0.3, 0.4) is 0 Å². The fraction of sp³-hybridized carbons (Fsp3) is 0.750. The van der Waals surface area contributed by atoms with Crippen LogP contribution in [0.25, 0.3) is 0 Å². The lowest BCUT2D eigenvalue weighted by Gasteiger charge is -2.22. The molecule has 3 rings (SSSR count). The van der Waals surface area contributed by atoms with Gasteiger partial charge in [0, 0.05) is 29.9 Å². The second-order valence-corrected chi connectivity index (χ2v) is 5.88. The molecule has 1 aliphatic carbocycles. The first-order chi connectivity index (χ1) is 7.88. The Balaban J connectivity index is 0.00000108. The standard InChI is InChI=1S/C12H19N3S.ClH/c13-6-10-2-1-5-15(10)7-11-12(9-3-4-9)14-8-16-11;/h8-10H,1-7,13H2;1H. The largest absolute Gasteiger partial charge is 0.329 e. The molecule has 1 aromatic rings. The Morgan fingerprint density at radius 2 is 2.24 bits per heavy atom. The van der Waals surface area contributed by atoms with Crippen molar-refractivity contribution < 1.29 is 0 Å². The van der Waals surface area contributed by atoms with Crippen LogP contribution in [0.5, 0.6) is 0 Å². The average Bonchev–Trinajstić information content (AvgIpc) is 2.88. The van der Waals surface area contributed by atoms with Gasteiger partial charge in [-0.2, -0.15) is 0 Å². The summed E-state index contributed by atoms with van der Waals surface area (Å²) in [5.41, 5.74) is 9.20. The van der Waals surface area contributed by atoms with Crippen molar-refractivity contribution in [2.24, 2.45) is 5.73 Å². The third kappa shape index (κ3) is 2.81. The lowest BCUT2D eigenvalue weighted by molar-refractivity contribution is 0.251. The van der Waals surface area contributed by atoms with E-state index >= 15 is 0 Å². The molecule has 2 N–H and O–H groups in total. The van der Waals surface area contributed by atoms with E-state index in [9.17, 15) is 0 Å². The van der Waals surface area contributed by atoms with Crippen molar-refractivity contribution in [1.82, 2.24) is 9.88 Å². The highest BCUT2D eigenvalue weighted by Gasteiger charge is 2.30. The van der Waals surface area contributed by atoms with Gasteiger partial charge in [0.15, 0.2) is 0 Å². The van der Waals surface area contributed by atoms with Crippen molar-refractivity contribution >= 4 is 23.7 Å². The first-order valence-electron chi connectivity index (χ1n) is 6.25. The quantitative estimate of drug-likeness (QED) is 0.916. The van der Waals surface area contributed by atoms with E-state index < -0.39 is 0 Å². The minimum absolute atomic E-state index is 0. The van der Waals surface area contributed by atoms with Gasteiger partial charge >= 0.3 is 0 Å². The number of thiazole rings is 1. The Kier molecular flexibility index (Phi) is 4.42. The molecule has 0 spiro atoms. The third-order valence-electron chi connectivity index (χ3n) is 3.75. The van der Waals surface area contributed by atoms with Crippen molar-refractivity contribution in [1.29, 1.82) is 0 Å².